The lowest BCUT2D eigenvalue weighted by Crippen LogP contribution is -2.32. The van der Waals surface area contributed by atoms with Crippen LogP contribution in [0.2, 0.25) is 0 Å². The molecule has 0 amide bonds. The molecule has 0 fully saturated rings. The molecule has 18 heavy (non-hydrogen) atoms. The van der Waals surface area contributed by atoms with E-state index < -0.39 is 10.1 Å². The molecule has 0 radical (unpaired) electrons. The molecule has 0 spiro atoms. The second-order valence-electron chi connectivity index (χ2n) is 4.01. The second-order valence-corrected chi connectivity index (χ2v) is 5.58. The third-order valence-corrected chi connectivity index (χ3v) is 3.50. The largest absolute Gasteiger partial charge is 0.292 e. The Morgan fingerprint density at radius 1 is 1.39 bits per heavy atom. The summed E-state index contributed by atoms with van der Waals surface area (Å²) in [5.41, 5.74) is 1.06. The summed E-state index contributed by atoms with van der Waals surface area (Å²) in [5.74, 6) is -0.266. The normalized spacial score (nSPS) is 13.5. The summed E-state index contributed by atoms with van der Waals surface area (Å²) in [6, 6.07) is 9.70. The molecule has 5 heteroatoms. The maximum absolute atomic E-state index is 10.8. The molecule has 1 rings (SSSR count). The molecule has 0 saturated carbocycles. The third kappa shape index (κ3) is 4.60. The van der Waals surface area contributed by atoms with Crippen molar-refractivity contribution in [2.75, 3.05) is 18.8 Å². The van der Waals surface area contributed by atoms with Crippen LogP contribution in [0.25, 0.3) is 0 Å². The first-order chi connectivity index (χ1) is 8.48. The summed E-state index contributed by atoms with van der Waals surface area (Å²) >= 11 is 0. The summed E-state index contributed by atoms with van der Waals surface area (Å²) in [6.45, 7) is 6.71. The minimum absolute atomic E-state index is 0.0436. The standard InChI is InChI=1S/C13H19NO3S/c1-3-13(12-8-6-5-7-9-12)14(4-2)10-11-18(15,16)17/h3,5-9,13H,1,4,10-11H2,2H3,(H,15,16,17). The maximum atomic E-state index is 10.8. The van der Waals surface area contributed by atoms with E-state index in [1.165, 1.54) is 0 Å². The summed E-state index contributed by atoms with van der Waals surface area (Å²) in [6.07, 6.45) is 1.78. The highest BCUT2D eigenvalue weighted by Gasteiger charge is 2.17. The Labute approximate surface area is 109 Å². The lowest BCUT2D eigenvalue weighted by atomic mass is 10.1. The van der Waals surface area contributed by atoms with E-state index in [0.29, 0.717) is 6.54 Å². The van der Waals surface area contributed by atoms with Crippen LogP contribution >= 0.6 is 0 Å². The van der Waals surface area contributed by atoms with Crippen molar-refractivity contribution in [1.82, 2.24) is 4.90 Å². The van der Waals surface area contributed by atoms with E-state index in [0.717, 1.165) is 5.56 Å². The van der Waals surface area contributed by atoms with Crippen LogP contribution < -0.4 is 0 Å². The average Bonchev–Trinajstić information content (AvgIpc) is 2.34. The molecule has 1 N–H and O–H groups in total. The lowest BCUT2D eigenvalue weighted by molar-refractivity contribution is 0.256. The molecule has 0 aromatic heterocycles. The highest BCUT2D eigenvalue weighted by molar-refractivity contribution is 7.85. The van der Waals surface area contributed by atoms with Gasteiger partial charge in [-0.3, -0.25) is 9.45 Å². The van der Waals surface area contributed by atoms with Crippen LogP contribution in [-0.2, 0) is 10.1 Å². The molecule has 1 unspecified atom stereocenters. The van der Waals surface area contributed by atoms with Crippen molar-refractivity contribution in [3.63, 3.8) is 0 Å². The zero-order valence-corrected chi connectivity index (χ0v) is 11.3. The summed E-state index contributed by atoms with van der Waals surface area (Å²) in [5, 5.41) is 0. The van der Waals surface area contributed by atoms with Crippen LogP contribution in [0.3, 0.4) is 0 Å². The molecule has 1 aromatic rings. The van der Waals surface area contributed by atoms with Gasteiger partial charge in [-0.1, -0.05) is 43.3 Å². The quantitative estimate of drug-likeness (QED) is 0.608. The van der Waals surface area contributed by atoms with Crippen LogP contribution in [0.1, 0.15) is 18.5 Å². The van der Waals surface area contributed by atoms with Gasteiger partial charge in [-0.2, -0.15) is 8.42 Å². The van der Waals surface area contributed by atoms with Gasteiger partial charge in [0.25, 0.3) is 10.1 Å². The van der Waals surface area contributed by atoms with Crippen molar-refractivity contribution < 1.29 is 13.0 Å². The molecule has 1 aromatic carbocycles. The molecule has 100 valence electrons. The van der Waals surface area contributed by atoms with Gasteiger partial charge in [0.2, 0.25) is 0 Å². The molecule has 0 aliphatic rings. The number of likely N-dealkylation sites (N-methyl/N-ethyl adjacent to an activating group) is 1. The number of hydrogen-bond donors (Lipinski definition) is 1. The molecular formula is C13H19NO3S. The first kappa shape index (κ1) is 14.9. The third-order valence-electron chi connectivity index (χ3n) is 2.80. The molecule has 0 heterocycles. The molecule has 0 saturated heterocycles. The van der Waals surface area contributed by atoms with Crippen molar-refractivity contribution in [3.8, 4) is 0 Å². The minimum Gasteiger partial charge on any atom is -0.292 e. The van der Waals surface area contributed by atoms with Gasteiger partial charge in [0.05, 0.1) is 11.8 Å². The fourth-order valence-electron chi connectivity index (χ4n) is 1.87. The summed E-state index contributed by atoms with van der Waals surface area (Å²) < 4.78 is 30.4. The zero-order chi connectivity index (χ0) is 13.6. The highest BCUT2D eigenvalue weighted by atomic mass is 32.2. The molecule has 0 aliphatic carbocycles. The van der Waals surface area contributed by atoms with Gasteiger partial charge in [-0.25, -0.2) is 0 Å². The van der Waals surface area contributed by atoms with E-state index in [1.54, 1.807) is 6.08 Å². The van der Waals surface area contributed by atoms with Gasteiger partial charge in [0.1, 0.15) is 0 Å². The van der Waals surface area contributed by atoms with E-state index in [1.807, 2.05) is 42.2 Å². The smallest absolute Gasteiger partial charge is 0.266 e. The number of hydrogen-bond acceptors (Lipinski definition) is 3. The molecular weight excluding hydrogens is 250 g/mol. The lowest BCUT2D eigenvalue weighted by Gasteiger charge is -2.28. The summed E-state index contributed by atoms with van der Waals surface area (Å²) in [7, 11) is -3.93. The monoisotopic (exact) mass is 269 g/mol. The van der Waals surface area contributed by atoms with Crippen molar-refractivity contribution in [1.29, 1.82) is 0 Å². The Hall–Kier alpha value is -1.17. The van der Waals surface area contributed by atoms with E-state index in [4.69, 9.17) is 4.55 Å². The number of benzene rings is 1. The van der Waals surface area contributed by atoms with Crippen LogP contribution in [0.4, 0.5) is 0 Å². The van der Waals surface area contributed by atoms with Gasteiger partial charge in [-0.05, 0) is 12.1 Å². The van der Waals surface area contributed by atoms with Crippen LogP contribution in [0, 0.1) is 0 Å². The fourth-order valence-corrected chi connectivity index (χ4v) is 2.34. The summed E-state index contributed by atoms with van der Waals surface area (Å²) in [4.78, 5) is 1.95. The topological polar surface area (TPSA) is 57.6 Å². The number of rotatable bonds is 7. The Kier molecular flexibility index (Phi) is 5.53. The van der Waals surface area contributed by atoms with Crippen LogP contribution in [0.15, 0.2) is 43.0 Å². The Bertz CT molecular complexity index is 470. The second kappa shape index (κ2) is 6.68. The maximum Gasteiger partial charge on any atom is 0.266 e. The Balaban J connectivity index is 2.82. The zero-order valence-electron chi connectivity index (χ0n) is 10.5. The average molecular weight is 269 g/mol. The molecule has 0 aliphatic heterocycles. The molecule has 0 bridgehead atoms. The van der Waals surface area contributed by atoms with E-state index in [2.05, 4.69) is 6.58 Å². The highest BCUT2D eigenvalue weighted by Crippen LogP contribution is 2.21. The van der Waals surface area contributed by atoms with Crippen molar-refractivity contribution >= 4 is 10.1 Å². The Morgan fingerprint density at radius 3 is 2.44 bits per heavy atom. The van der Waals surface area contributed by atoms with Gasteiger partial charge in [0, 0.05) is 6.54 Å². The predicted molar refractivity (Wildman–Crippen MR) is 73.0 cm³/mol. The van der Waals surface area contributed by atoms with Gasteiger partial charge >= 0.3 is 0 Å². The van der Waals surface area contributed by atoms with Gasteiger partial charge < -0.3 is 0 Å². The van der Waals surface area contributed by atoms with Crippen LogP contribution in [-0.4, -0.2) is 36.7 Å². The predicted octanol–water partition coefficient (Wildman–Crippen LogP) is 2.12. The van der Waals surface area contributed by atoms with Gasteiger partial charge in [-0.15, -0.1) is 6.58 Å². The minimum atomic E-state index is -3.93. The number of nitrogens with zero attached hydrogens (tertiary/aromatic N) is 1. The van der Waals surface area contributed by atoms with Crippen molar-refractivity contribution in [2.24, 2.45) is 0 Å². The van der Waals surface area contributed by atoms with E-state index in [-0.39, 0.29) is 18.3 Å². The first-order valence-electron chi connectivity index (χ1n) is 5.84. The fraction of sp³-hybridized carbons (Fsp3) is 0.385. The van der Waals surface area contributed by atoms with E-state index in [9.17, 15) is 8.42 Å². The van der Waals surface area contributed by atoms with Gasteiger partial charge in [0.15, 0.2) is 0 Å². The van der Waals surface area contributed by atoms with Crippen LogP contribution in [0.5, 0.6) is 0 Å². The van der Waals surface area contributed by atoms with Crippen molar-refractivity contribution in [2.45, 2.75) is 13.0 Å². The van der Waals surface area contributed by atoms with Crippen molar-refractivity contribution in [3.05, 3.63) is 48.6 Å². The molecule has 4 nitrogen and oxygen atoms in total. The molecule has 1 atom stereocenters. The first-order valence-corrected chi connectivity index (χ1v) is 7.45. The SMILES string of the molecule is C=CC(c1ccccc1)N(CC)CCS(=O)(=O)O. The van der Waals surface area contributed by atoms with E-state index >= 15 is 0 Å². The Morgan fingerprint density at radius 2 is 2.00 bits per heavy atom.